The van der Waals surface area contributed by atoms with Crippen LogP contribution in [0.5, 0.6) is 5.75 Å². The number of benzene rings is 1. The van der Waals surface area contributed by atoms with Crippen LogP contribution in [0.4, 0.5) is 26.3 Å². The summed E-state index contributed by atoms with van der Waals surface area (Å²) in [5, 5.41) is 0. The first kappa shape index (κ1) is 13.3. The summed E-state index contributed by atoms with van der Waals surface area (Å²) in [6, 6.07) is 1.34. The van der Waals surface area contributed by atoms with E-state index >= 15 is 0 Å². The van der Waals surface area contributed by atoms with E-state index in [-0.39, 0.29) is 6.07 Å². The van der Waals surface area contributed by atoms with E-state index in [4.69, 9.17) is 0 Å². The highest BCUT2D eigenvalue weighted by Crippen LogP contribution is 2.26. The summed E-state index contributed by atoms with van der Waals surface area (Å²) in [6.45, 7) is 0. The van der Waals surface area contributed by atoms with Crippen LogP contribution in [0.3, 0.4) is 0 Å². The predicted octanol–water partition coefficient (Wildman–Crippen LogP) is 3.17. The van der Waals surface area contributed by atoms with Gasteiger partial charge in [-0.15, -0.1) is 13.2 Å². The average Bonchev–Trinajstić information content (AvgIpc) is 2.18. The Labute approximate surface area is 90.8 Å². The number of hydrogen-bond acceptors (Lipinski definition) is 2. The van der Waals surface area contributed by atoms with Crippen LogP contribution in [0.2, 0.25) is 0 Å². The van der Waals surface area contributed by atoms with Gasteiger partial charge in [0.1, 0.15) is 0 Å². The maximum Gasteiger partial charge on any atom is 0.573 e. The number of alkyl halides is 5. The van der Waals surface area contributed by atoms with Crippen LogP contribution >= 0.6 is 0 Å². The molecule has 94 valence electrons. The molecule has 0 atom stereocenters. The van der Waals surface area contributed by atoms with Crippen LogP contribution in [0.15, 0.2) is 18.2 Å². The molecule has 0 aliphatic heterocycles. The molecule has 0 unspecified atom stereocenters. The van der Waals surface area contributed by atoms with Crippen molar-refractivity contribution in [2.45, 2.75) is 12.8 Å². The first-order chi connectivity index (χ1) is 7.70. The van der Waals surface area contributed by atoms with Crippen LogP contribution in [0.1, 0.15) is 10.4 Å². The maximum atomic E-state index is 13.0. The van der Waals surface area contributed by atoms with E-state index in [1.165, 1.54) is 0 Å². The molecule has 17 heavy (non-hydrogen) atoms. The van der Waals surface area contributed by atoms with E-state index in [1.807, 2.05) is 0 Å². The molecule has 1 rings (SSSR count). The third-order valence-electron chi connectivity index (χ3n) is 1.64. The molecule has 8 heteroatoms. The van der Waals surface area contributed by atoms with Crippen molar-refractivity contribution in [3.8, 4) is 5.75 Å². The third kappa shape index (κ3) is 3.65. The molecular formula is C9H4F6O2. The van der Waals surface area contributed by atoms with Gasteiger partial charge in [-0.2, -0.15) is 0 Å². The zero-order valence-electron chi connectivity index (χ0n) is 7.89. The quantitative estimate of drug-likeness (QED) is 0.614. The number of rotatable bonds is 3. The van der Waals surface area contributed by atoms with Crippen molar-refractivity contribution < 1.29 is 35.9 Å². The first-order valence-corrected chi connectivity index (χ1v) is 4.08. The average molecular weight is 258 g/mol. The number of ether oxygens (including phenoxy) is 1. The standard InChI is InChI=1S/C9H4F6O2/c10-5-3-4(7(16)8(11)12)1-2-6(5)17-9(13,14)15/h1-3,8H. The van der Waals surface area contributed by atoms with E-state index < -0.39 is 35.7 Å². The van der Waals surface area contributed by atoms with E-state index in [0.717, 1.165) is 0 Å². The summed E-state index contributed by atoms with van der Waals surface area (Å²) in [5.41, 5.74) is -0.730. The lowest BCUT2D eigenvalue weighted by Crippen LogP contribution is -2.18. The monoisotopic (exact) mass is 258 g/mol. The lowest BCUT2D eigenvalue weighted by Gasteiger charge is -2.10. The molecule has 2 nitrogen and oxygen atoms in total. The number of carbonyl (C=O) groups is 1. The zero-order valence-corrected chi connectivity index (χ0v) is 7.89. The minimum Gasteiger partial charge on any atom is -0.403 e. The molecule has 0 aliphatic carbocycles. The van der Waals surface area contributed by atoms with Crippen molar-refractivity contribution in [3.63, 3.8) is 0 Å². The Hall–Kier alpha value is -1.73. The summed E-state index contributed by atoms with van der Waals surface area (Å²) in [4.78, 5) is 10.7. The van der Waals surface area contributed by atoms with Gasteiger partial charge in [0.25, 0.3) is 0 Å². The lowest BCUT2D eigenvalue weighted by molar-refractivity contribution is -0.275. The van der Waals surface area contributed by atoms with Gasteiger partial charge < -0.3 is 4.74 Å². The minimum absolute atomic E-state index is 0.259. The van der Waals surface area contributed by atoms with Gasteiger partial charge in [-0.25, -0.2) is 13.2 Å². The van der Waals surface area contributed by atoms with Gasteiger partial charge in [-0.1, -0.05) is 0 Å². The van der Waals surface area contributed by atoms with Crippen molar-refractivity contribution in [1.29, 1.82) is 0 Å². The molecule has 0 heterocycles. The Bertz CT molecular complexity index is 426. The lowest BCUT2D eigenvalue weighted by atomic mass is 10.1. The molecule has 0 aliphatic rings. The van der Waals surface area contributed by atoms with Crippen molar-refractivity contribution in [3.05, 3.63) is 29.6 Å². The second-order valence-corrected chi connectivity index (χ2v) is 2.86. The van der Waals surface area contributed by atoms with Gasteiger partial charge >= 0.3 is 12.8 Å². The van der Waals surface area contributed by atoms with Crippen molar-refractivity contribution in [2.24, 2.45) is 0 Å². The fraction of sp³-hybridized carbons (Fsp3) is 0.222. The molecule has 0 saturated heterocycles. The highest BCUT2D eigenvalue weighted by molar-refractivity contribution is 5.98. The summed E-state index contributed by atoms with van der Waals surface area (Å²) >= 11 is 0. The largest absolute Gasteiger partial charge is 0.573 e. The summed E-state index contributed by atoms with van der Waals surface area (Å²) in [5.74, 6) is -4.42. The normalized spacial score (nSPS) is 11.7. The van der Waals surface area contributed by atoms with E-state index in [0.29, 0.717) is 12.1 Å². The van der Waals surface area contributed by atoms with E-state index in [1.54, 1.807) is 0 Å². The number of hydrogen-bond donors (Lipinski definition) is 0. The summed E-state index contributed by atoms with van der Waals surface area (Å²) in [7, 11) is 0. The highest BCUT2D eigenvalue weighted by Gasteiger charge is 2.32. The molecule has 0 fully saturated rings. The van der Waals surface area contributed by atoms with E-state index in [9.17, 15) is 31.1 Å². The van der Waals surface area contributed by atoms with Crippen LogP contribution in [-0.4, -0.2) is 18.6 Å². The molecule has 0 saturated carbocycles. The number of Topliss-reactive ketones (excluding diaryl/α,β-unsaturated/α-hetero) is 1. The molecule has 0 aromatic heterocycles. The Morgan fingerprint density at radius 3 is 2.24 bits per heavy atom. The topological polar surface area (TPSA) is 26.3 Å². The van der Waals surface area contributed by atoms with E-state index in [2.05, 4.69) is 4.74 Å². The predicted molar refractivity (Wildman–Crippen MR) is 43.4 cm³/mol. The van der Waals surface area contributed by atoms with Gasteiger partial charge in [0.05, 0.1) is 0 Å². The number of carbonyl (C=O) groups excluding carboxylic acids is 1. The Morgan fingerprint density at radius 2 is 1.82 bits per heavy atom. The molecular weight excluding hydrogens is 254 g/mol. The molecule has 0 N–H and O–H groups in total. The Kier molecular flexibility index (Phi) is 3.64. The third-order valence-corrected chi connectivity index (χ3v) is 1.64. The fourth-order valence-electron chi connectivity index (χ4n) is 0.988. The first-order valence-electron chi connectivity index (χ1n) is 4.08. The molecule has 1 aromatic carbocycles. The Balaban J connectivity index is 2.98. The minimum atomic E-state index is -5.10. The fourth-order valence-corrected chi connectivity index (χ4v) is 0.988. The van der Waals surface area contributed by atoms with Gasteiger partial charge in [-0.3, -0.25) is 4.79 Å². The molecule has 0 spiro atoms. The van der Waals surface area contributed by atoms with Gasteiger partial charge in [0.2, 0.25) is 5.78 Å². The van der Waals surface area contributed by atoms with Crippen molar-refractivity contribution in [2.75, 3.05) is 0 Å². The second-order valence-electron chi connectivity index (χ2n) is 2.86. The van der Waals surface area contributed by atoms with Crippen LogP contribution in [0.25, 0.3) is 0 Å². The van der Waals surface area contributed by atoms with Crippen LogP contribution < -0.4 is 4.74 Å². The summed E-state index contributed by atoms with van der Waals surface area (Å²) < 4.78 is 75.3. The Morgan fingerprint density at radius 1 is 1.24 bits per heavy atom. The van der Waals surface area contributed by atoms with Crippen molar-refractivity contribution >= 4 is 5.78 Å². The molecule has 0 amide bonds. The highest BCUT2D eigenvalue weighted by atomic mass is 19.4. The smallest absolute Gasteiger partial charge is 0.403 e. The number of halogens is 6. The molecule has 1 aromatic rings. The van der Waals surface area contributed by atoms with Crippen LogP contribution in [0, 0.1) is 5.82 Å². The molecule has 0 bridgehead atoms. The van der Waals surface area contributed by atoms with Crippen molar-refractivity contribution in [1.82, 2.24) is 0 Å². The zero-order chi connectivity index (χ0) is 13.2. The number of ketones is 1. The van der Waals surface area contributed by atoms with Gasteiger partial charge in [0.15, 0.2) is 11.6 Å². The molecule has 0 radical (unpaired) electrons. The van der Waals surface area contributed by atoms with Gasteiger partial charge in [0, 0.05) is 5.56 Å². The summed E-state index contributed by atoms with van der Waals surface area (Å²) in [6.07, 6.45) is -8.46. The second kappa shape index (κ2) is 4.64. The maximum absolute atomic E-state index is 13.0. The SMILES string of the molecule is O=C(c1ccc(OC(F)(F)F)c(F)c1)C(F)F. The van der Waals surface area contributed by atoms with Crippen LogP contribution in [-0.2, 0) is 0 Å². The van der Waals surface area contributed by atoms with Gasteiger partial charge in [-0.05, 0) is 18.2 Å².